The summed E-state index contributed by atoms with van der Waals surface area (Å²) in [7, 11) is 0. The molecule has 3 heteroatoms. The summed E-state index contributed by atoms with van der Waals surface area (Å²) in [5, 5.41) is 5.51. The van der Waals surface area contributed by atoms with Crippen LogP contribution in [0.4, 0.5) is 4.39 Å². The number of aryl methyl sites for hydroxylation is 1. The lowest BCUT2D eigenvalue weighted by Gasteiger charge is -2.07. The summed E-state index contributed by atoms with van der Waals surface area (Å²) < 4.78 is 14.9. The van der Waals surface area contributed by atoms with Crippen LogP contribution in [0.2, 0.25) is 0 Å². The molecule has 4 rings (SSSR count). The highest BCUT2D eigenvalue weighted by atomic mass is 19.1. The van der Waals surface area contributed by atoms with E-state index in [1.807, 2.05) is 16.9 Å². The normalized spacial score (nSPS) is 11.0. The van der Waals surface area contributed by atoms with Gasteiger partial charge in [0.05, 0.1) is 17.4 Å². The quantitative estimate of drug-likeness (QED) is 0.501. The third-order valence-electron chi connectivity index (χ3n) is 4.10. The molecule has 0 fully saturated rings. The predicted molar refractivity (Wildman–Crippen MR) is 91.2 cm³/mol. The van der Waals surface area contributed by atoms with Gasteiger partial charge in [0.15, 0.2) is 0 Å². The van der Waals surface area contributed by atoms with Crippen LogP contribution in [0.1, 0.15) is 5.56 Å². The zero-order valence-corrected chi connectivity index (χ0v) is 12.7. The van der Waals surface area contributed by atoms with E-state index in [1.54, 1.807) is 12.1 Å². The van der Waals surface area contributed by atoms with Crippen LogP contribution in [-0.2, 0) is 0 Å². The fourth-order valence-corrected chi connectivity index (χ4v) is 2.89. The van der Waals surface area contributed by atoms with Crippen molar-refractivity contribution in [2.24, 2.45) is 0 Å². The van der Waals surface area contributed by atoms with Gasteiger partial charge in [0.1, 0.15) is 5.82 Å². The number of benzene rings is 3. The Bertz CT molecular complexity index is 984. The van der Waals surface area contributed by atoms with E-state index in [0.717, 1.165) is 16.6 Å². The van der Waals surface area contributed by atoms with Crippen molar-refractivity contribution in [2.75, 3.05) is 0 Å². The van der Waals surface area contributed by atoms with Crippen molar-refractivity contribution in [2.45, 2.75) is 6.92 Å². The summed E-state index contributed by atoms with van der Waals surface area (Å²) >= 11 is 0. The molecule has 0 N–H and O–H groups in total. The van der Waals surface area contributed by atoms with E-state index in [9.17, 15) is 4.39 Å². The van der Waals surface area contributed by atoms with Crippen LogP contribution < -0.4 is 0 Å². The fraction of sp³-hybridized carbons (Fsp3) is 0.0500. The van der Waals surface area contributed by atoms with Gasteiger partial charge in [-0.1, -0.05) is 30.3 Å². The predicted octanol–water partition coefficient (Wildman–Crippen LogP) is 5.14. The molecule has 4 aromatic rings. The minimum Gasteiger partial charge on any atom is -0.233 e. The maximum Gasteiger partial charge on any atom is 0.123 e. The number of hydrogen-bond donors (Lipinski definition) is 0. The molecule has 0 unspecified atom stereocenters. The van der Waals surface area contributed by atoms with Crippen LogP contribution >= 0.6 is 0 Å². The second-order valence-electron chi connectivity index (χ2n) is 5.62. The van der Waals surface area contributed by atoms with Gasteiger partial charge in [-0.15, -0.1) is 0 Å². The largest absolute Gasteiger partial charge is 0.233 e. The van der Waals surface area contributed by atoms with Crippen LogP contribution in [0.3, 0.4) is 0 Å². The zero-order chi connectivity index (χ0) is 15.8. The molecule has 1 aromatic heterocycles. The number of hydrogen-bond acceptors (Lipinski definition) is 1. The average molecular weight is 302 g/mol. The number of rotatable bonds is 2. The summed E-state index contributed by atoms with van der Waals surface area (Å²) in [6, 6.07) is 21.0. The first-order chi connectivity index (χ1) is 11.2. The molecular formula is C20H15FN2. The van der Waals surface area contributed by atoms with Crippen LogP contribution in [-0.4, -0.2) is 9.78 Å². The van der Waals surface area contributed by atoms with Gasteiger partial charge in [0, 0.05) is 5.39 Å². The van der Waals surface area contributed by atoms with Gasteiger partial charge in [0.25, 0.3) is 0 Å². The fourth-order valence-electron chi connectivity index (χ4n) is 2.89. The van der Waals surface area contributed by atoms with Crippen molar-refractivity contribution in [3.8, 4) is 16.8 Å². The lowest BCUT2D eigenvalue weighted by molar-refractivity contribution is 0.627. The number of fused-ring (bicyclic) bond motifs is 1. The zero-order valence-electron chi connectivity index (χ0n) is 12.7. The molecule has 0 spiro atoms. The van der Waals surface area contributed by atoms with Gasteiger partial charge < -0.3 is 0 Å². The van der Waals surface area contributed by atoms with Crippen LogP contribution in [0.25, 0.3) is 27.7 Å². The lowest BCUT2D eigenvalue weighted by Crippen LogP contribution is -1.95. The summed E-state index contributed by atoms with van der Waals surface area (Å²) in [4.78, 5) is 0. The molecule has 3 aromatic carbocycles. The Hall–Kier alpha value is -2.94. The minimum absolute atomic E-state index is 0.243. The minimum atomic E-state index is -0.243. The molecule has 23 heavy (non-hydrogen) atoms. The van der Waals surface area contributed by atoms with Crippen LogP contribution in [0.5, 0.6) is 0 Å². The third-order valence-corrected chi connectivity index (χ3v) is 4.10. The van der Waals surface area contributed by atoms with E-state index >= 15 is 0 Å². The summed E-state index contributed by atoms with van der Waals surface area (Å²) in [5.74, 6) is -0.243. The maximum atomic E-state index is 13.1. The van der Waals surface area contributed by atoms with Gasteiger partial charge in [-0.25, -0.2) is 9.07 Å². The Morgan fingerprint density at radius 1 is 0.913 bits per heavy atom. The topological polar surface area (TPSA) is 17.8 Å². The molecule has 0 saturated carbocycles. The Balaban J connectivity index is 1.83. The lowest BCUT2D eigenvalue weighted by atomic mass is 10.00. The highest BCUT2D eigenvalue weighted by Gasteiger charge is 2.08. The van der Waals surface area contributed by atoms with E-state index < -0.39 is 0 Å². The SMILES string of the molecule is Cc1ccccc1-c1ccc2c(cnn2-c2ccc(F)cc2)c1. The Kier molecular flexibility index (Phi) is 3.19. The van der Waals surface area contributed by atoms with Gasteiger partial charge in [-0.05, 0) is 60.0 Å². The molecule has 0 aliphatic carbocycles. The molecule has 0 aliphatic heterocycles. The molecule has 0 aliphatic rings. The molecule has 0 amide bonds. The van der Waals surface area contributed by atoms with Crippen molar-refractivity contribution < 1.29 is 4.39 Å². The molecule has 1 heterocycles. The highest BCUT2D eigenvalue weighted by Crippen LogP contribution is 2.27. The van der Waals surface area contributed by atoms with Gasteiger partial charge >= 0.3 is 0 Å². The Morgan fingerprint density at radius 3 is 2.48 bits per heavy atom. The van der Waals surface area contributed by atoms with Crippen LogP contribution in [0, 0.1) is 12.7 Å². The molecule has 2 nitrogen and oxygen atoms in total. The third kappa shape index (κ3) is 2.40. The molecule has 0 saturated heterocycles. The molecular weight excluding hydrogens is 287 g/mol. The van der Waals surface area contributed by atoms with Gasteiger partial charge in [-0.2, -0.15) is 5.10 Å². The van der Waals surface area contributed by atoms with Crippen LogP contribution in [0.15, 0.2) is 72.9 Å². The maximum absolute atomic E-state index is 13.1. The summed E-state index contributed by atoms with van der Waals surface area (Å²) in [6.07, 6.45) is 1.85. The molecule has 112 valence electrons. The highest BCUT2D eigenvalue weighted by molar-refractivity contribution is 5.86. The van der Waals surface area contributed by atoms with Crippen molar-refractivity contribution in [3.63, 3.8) is 0 Å². The van der Waals surface area contributed by atoms with Gasteiger partial charge in [0.2, 0.25) is 0 Å². The monoisotopic (exact) mass is 302 g/mol. The first-order valence-corrected chi connectivity index (χ1v) is 7.52. The first kappa shape index (κ1) is 13.7. The van der Waals surface area contributed by atoms with E-state index in [0.29, 0.717) is 0 Å². The Morgan fingerprint density at radius 2 is 1.70 bits per heavy atom. The molecule has 0 atom stereocenters. The van der Waals surface area contributed by atoms with Crippen molar-refractivity contribution in [3.05, 3.63) is 84.3 Å². The second-order valence-corrected chi connectivity index (χ2v) is 5.62. The average Bonchev–Trinajstić information content (AvgIpc) is 2.99. The number of aromatic nitrogens is 2. The van der Waals surface area contributed by atoms with E-state index in [4.69, 9.17) is 0 Å². The van der Waals surface area contributed by atoms with Crippen molar-refractivity contribution in [1.82, 2.24) is 9.78 Å². The number of halogens is 1. The molecule has 0 radical (unpaired) electrons. The smallest absolute Gasteiger partial charge is 0.123 e. The van der Waals surface area contributed by atoms with Gasteiger partial charge in [-0.3, -0.25) is 0 Å². The first-order valence-electron chi connectivity index (χ1n) is 7.52. The summed E-state index contributed by atoms with van der Waals surface area (Å²) in [5.41, 5.74) is 5.51. The second kappa shape index (κ2) is 5.36. The van der Waals surface area contributed by atoms with E-state index in [2.05, 4.69) is 48.4 Å². The van der Waals surface area contributed by atoms with E-state index in [1.165, 1.54) is 28.8 Å². The number of nitrogens with zero attached hydrogens (tertiary/aromatic N) is 2. The summed E-state index contributed by atoms with van der Waals surface area (Å²) in [6.45, 7) is 2.11. The molecule has 0 bridgehead atoms. The van der Waals surface area contributed by atoms with Crippen molar-refractivity contribution >= 4 is 10.9 Å². The Labute approximate surface area is 133 Å². The standard InChI is InChI=1S/C20H15FN2/c1-14-4-2-3-5-19(14)15-6-11-20-16(12-15)13-22-23(20)18-9-7-17(21)8-10-18/h2-13H,1H3. The van der Waals surface area contributed by atoms with Crippen molar-refractivity contribution in [1.29, 1.82) is 0 Å². The van der Waals surface area contributed by atoms with E-state index in [-0.39, 0.29) is 5.82 Å².